The third kappa shape index (κ3) is 8.48. The Morgan fingerprint density at radius 1 is 0.842 bits per heavy atom. The van der Waals surface area contributed by atoms with Crippen LogP contribution in [0.5, 0.6) is 0 Å². The van der Waals surface area contributed by atoms with Gasteiger partial charge in [0.05, 0.1) is 11.9 Å². The van der Waals surface area contributed by atoms with Gasteiger partial charge < -0.3 is 10.2 Å². The second-order valence-corrected chi connectivity index (χ2v) is 12.0. The van der Waals surface area contributed by atoms with Crippen LogP contribution in [0, 0.1) is 0 Å². The molecule has 38 heavy (non-hydrogen) atoms. The molecule has 3 aromatic carbocycles. The number of amides is 2. The molecule has 7 nitrogen and oxygen atoms in total. The van der Waals surface area contributed by atoms with Crippen molar-refractivity contribution >= 4 is 50.7 Å². The molecule has 2 amide bonds. The second-order valence-electron chi connectivity index (χ2n) is 9.26. The van der Waals surface area contributed by atoms with E-state index in [4.69, 9.17) is 23.2 Å². The summed E-state index contributed by atoms with van der Waals surface area (Å²) in [5.74, 6) is -0.858. The van der Waals surface area contributed by atoms with E-state index in [9.17, 15) is 18.0 Å². The van der Waals surface area contributed by atoms with E-state index in [0.717, 1.165) is 21.7 Å². The quantitative estimate of drug-likeness (QED) is 0.351. The number of nitrogens with one attached hydrogen (secondary N) is 1. The number of nitrogens with zero attached hydrogens (tertiary/aromatic N) is 2. The fraction of sp³-hybridized carbons (Fsp3) is 0.286. The molecule has 3 rings (SSSR count). The molecule has 0 saturated heterocycles. The molecule has 0 aliphatic heterocycles. The lowest BCUT2D eigenvalue weighted by Gasteiger charge is -2.34. The highest BCUT2D eigenvalue weighted by molar-refractivity contribution is 7.92. The molecule has 202 valence electrons. The van der Waals surface area contributed by atoms with Gasteiger partial charge in [-0.1, -0.05) is 65.7 Å². The van der Waals surface area contributed by atoms with Crippen LogP contribution >= 0.6 is 23.2 Å². The zero-order chi connectivity index (χ0) is 27.9. The number of benzene rings is 3. The summed E-state index contributed by atoms with van der Waals surface area (Å²) in [6, 6.07) is 21.5. The fourth-order valence-electron chi connectivity index (χ4n) is 3.94. The maximum absolute atomic E-state index is 13.9. The van der Waals surface area contributed by atoms with Crippen molar-refractivity contribution in [3.8, 4) is 0 Å². The first-order chi connectivity index (χ1) is 17.9. The maximum Gasteiger partial charge on any atom is 0.244 e. The number of carbonyl (C=O) groups is 2. The predicted octanol–water partition coefficient (Wildman–Crippen LogP) is 4.92. The zero-order valence-corrected chi connectivity index (χ0v) is 23.8. The lowest BCUT2D eigenvalue weighted by Crippen LogP contribution is -2.54. The van der Waals surface area contributed by atoms with Gasteiger partial charge in [0, 0.05) is 29.1 Å². The minimum atomic E-state index is -3.84. The maximum atomic E-state index is 13.9. The summed E-state index contributed by atoms with van der Waals surface area (Å²) in [6.07, 6.45) is 1.28. The Kier molecular flexibility index (Phi) is 10.2. The van der Waals surface area contributed by atoms with Crippen molar-refractivity contribution in [2.75, 3.05) is 17.1 Å². The molecule has 10 heteroatoms. The highest BCUT2D eigenvalue weighted by atomic mass is 35.5. The SMILES string of the molecule is CC(C)NC(=O)[C@H](Cc1ccccc1)N(Cc1ccc(Cl)cc1)C(=O)CN(c1ccc(Cl)cc1)S(C)(=O)=O. The number of hydrogen-bond acceptors (Lipinski definition) is 4. The van der Waals surface area contributed by atoms with Crippen LogP contribution in [0.1, 0.15) is 25.0 Å². The van der Waals surface area contributed by atoms with Gasteiger partial charge >= 0.3 is 0 Å². The molecule has 0 spiro atoms. The van der Waals surface area contributed by atoms with Gasteiger partial charge in [-0.05, 0) is 61.4 Å². The van der Waals surface area contributed by atoms with E-state index >= 15 is 0 Å². The first-order valence-electron chi connectivity index (χ1n) is 12.1. The number of rotatable bonds is 11. The number of hydrogen-bond donors (Lipinski definition) is 1. The molecule has 1 N–H and O–H groups in total. The van der Waals surface area contributed by atoms with Crippen LogP contribution in [0.2, 0.25) is 10.0 Å². The summed E-state index contributed by atoms with van der Waals surface area (Å²) in [5, 5.41) is 3.89. The molecule has 0 fully saturated rings. The Morgan fingerprint density at radius 3 is 1.92 bits per heavy atom. The normalized spacial score (nSPS) is 12.2. The second kappa shape index (κ2) is 13.1. The van der Waals surface area contributed by atoms with Crippen molar-refractivity contribution in [3.05, 3.63) is 100 Å². The van der Waals surface area contributed by atoms with Gasteiger partial charge in [0.1, 0.15) is 12.6 Å². The standard InChI is InChI=1S/C28H31Cl2N3O4S/c1-20(2)31-28(35)26(17-21-7-5-4-6-8-21)32(18-22-9-11-23(29)12-10-22)27(34)19-33(38(3,36)37)25-15-13-24(30)14-16-25/h4-16,20,26H,17-19H2,1-3H3,(H,31,35)/t26-/m0/s1. The average Bonchev–Trinajstić information content (AvgIpc) is 2.86. The van der Waals surface area contributed by atoms with Crippen LogP contribution in [0.15, 0.2) is 78.9 Å². The average molecular weight is 577 g/mol. The van der Waals surface area contributed by atoms with Crippen molar-refractivity contribution in [1.29, 1.82) is 0 Å². The number of halogens is 2. The largest absolute Gasteiger partial charge is 0.352 e. The molecule has 0 radical (unpaired) electrons. The number of carbonyl (C=O) groups excluding carboxylic acids is 2. The Morgan fingerprint density at radius 2 is 1.39 bits per heavy atom. The van der Waals surface area contributed by atoms with Gasteiger partial charge in [-0.2, -0.15) is 0 Å². The molecular formula is C28H31Cl2N3O4S. The lowest BCUT2D eigenvalue weighted by atomic mass is 10.0. The van der Waals surface area contributed by atoms with E-state index in [1.54, 1.807) is 36.4 Å². The Labute approximate surface area is 234 Å². The van der Waals surface area contributed by atoms with Crippen LogP contribution in [0.4, 0.5) is 5.69 Å². The predicted molar refractivity (Wildman–Crippen MR) is 153 cm³/mol. The zero-order valence-electron chi connectivity index (χ0n) is 21.5. The first kappa shape index (κ1) is 29.5. The molecule has 1 atom stereocenters. The van der Waals surface area contributed by atoms with Gasteiger partial charge in [0.25, 0.3) is 0 Å². The van der Waals surface area contributed by atoms with E-state index < -0.39 is 28.5 Å². The van der Waals surface area contributed by atoms with Crippen molar-refractivity contribution in [2.45, 2.75) is 38.9 Å². The van der Waals surface area contributed by atoms with Gasteiger partial charge in [-0.25, -0.2) is 8.42 Å². The van der Waals surface area contributed by atoms with Gasteiger partial charge in [-0.15, -0.1) is 0 Å². The van der Waals surface area contributed by atoms with Gasteiger partial charge in [-0.3, -0.25) is 13.9 Å². The van der Waals surface area contributed by atoms with Crippen molar-refractivity contribution in [3.63, 3.8) is 0 Å². The van der Waals surface area contributed by atoms with Crippen LogP contribution < -0.4 is 9.62 Å². The van der Waals surface area contributed by atoms with E-state index in [2.05, 4.69) is 5.32 Å². The van der Waals surface area contributed by atoms with Crippen LogP contribution in [-0.4, -0.2) is 50.0 Å². The smallest absolute Gasteiger partial charge is 0.244 e. The molecule has 0 aliphatic carbocycles. The minimum absolute atomic E-state index is 0.0806. The molecule has 0 unspecified atom stereocenters. The lowest BCUT2D eigenvalue weighted by molar-refractivity contribution is -0.140. The van der Waals surface area contributed by atoms with Gasteiger partial charge in [0.15, 0.2) is 0 Å². The summed E-state index contributed by atoms with van der Waals surface area (Å²) in [4.78, 5) is 28.8. The van der Waals surface area contributed by atoms with Crippen LogP contribution in [0.25, 0.3) is 0 Å². The monoisotopic (exact) mass is 575 g/mol. The molecule has 0 saturated carbocycles. The third-order valence-electron chi connectivity index (χ3n) is 5.76. The van der Waals surface area contributed by atoms with Crippen LogP contribution in [-0.2, 0) is 32.6 Å². The number of anilines is 1. The van der Waals surface area contributed by atoms with E-state index in [1.807, 2.05) is 44.2 Å². The molecule has 0 heterocycles. The summed E-state index contributed by atoms with van der Waals surface area (Å²) < 4.78 is 26.5. The summed E-state index contributed by atoms with van der Waals surface area (Å²) in [7, 11) is -3.84. The highest BCUT2D eigenvalue weighted by Gasteiger charge is 2.33. The molecule has 0 aliphatic rings. The molecule has 0 aromatic heterocycles. The van der Waals surface area contributed by atoms with Crippen molar-refractivity contribution in [2.24, 2.45) is 0 Å². The Bertz CT molecular complexity index is 1330. The minimum Gasteiger partial charge on any atom is -0.352 e. The third-order valence-corrected chi connectivity index (χ3v) is 7.41. The number of sulfonamides is 1. The topological polar surface area (TPSA) is 86.8 Å². The Balaban J connectivity index is 2.04. The van der Waals surface area contributed by atoms with E-state index in [0.29, 0.717) is 15.7 Å². The molecule has 3 aromatic rings. The summed E-state index contributed by atoms with van der Waals surface area (Å²) in [6.45, 7) is 3.27. The van der Waals surface area contributed by atoms with E-state index in [-0.39, 0.29) is 24.9 Å². The van der Waals surface area contributed by atoms with Gasteiger partial charge in [0.2, 0.25) is 21.8 Å². The van der Waals surface area contributed by atoms with Crippen molar-refractivity contribution in [1.82, 2.24) is 10.2 Å². The van der Waals surface area contributed by atoms with E-state index in [1.165, 1.54) is 17.0 Å². The van der Waals surface area contributed by atoms with Crippen LogP contribution in [0.3, 0.4) is 0 Å². The summed E-state index contributed by atoms with van der Waals surface area (Å²) in [5.41, 5.74) is 1.90. The molecule has 0 bridgehead atoms. The highest BCUT2D eigenvalue weighted by Crippen LogP contribution is 2.22. The first-order valence-corrected chi connectivity index (χ1v) is 14.7. The van der Waals surface area contributed by atoms with Crippen molar-refractivity contribution < 1.29 is 18.0 Å². The molecular weight excluding hydrogens is 545 g/mol. The fourth-order valence-corrected chi connectivity index (χ4v) is 5.04. The Hall–Kier alpha value is -3.07. The summed E-state index contributed by atoms with van der Waals surface area (Å²) >= 11 is 12.0.